The Balaban J connectivity index is 2.02. The first kappa shape index (κ1) is 17.7. The standard InChI is InChI=1S/C20H21N3O3/c1-3-4-14-26-20-21-18(15-10-6-5-7-11-15)23(22-20)19(24)16-12-8-9-13-17(16)25-2/h5-13H,3-4,14H2,1-2H3. The lowest BCUT2D eigenvalue weighted by atomic mass is 10.1. The van der Waals surface area contributed by atoms with Crippen LogP contribution in [-0.2, 0) is 0 Å². The number of hydrogen-bond acceptors (Lipinski definition) is 5. The number of unbranched alkanes of at least 4 members (excludes halogenated alkanes) is 1. The van der Waals surface area contributed by atoms with Crippen molar-refractivity contribution in [3.05, 3.63) is 60.2 Å². The van der Waals surface area contributed by atoms with E-state index in [0.29, 0.717) is 23.7 Å². The van der Waals surface area contributed by atoms with Gasteiger partial charge in [0.15, 0.2) is 5.82 Å². The van der Waals surface area contributed by atoms with E-state index in [1.54, 1.807) is 18.2 Å². The second kappa shape index (κ2) is 8.29. The highest BCUT2D eigenvalue weighted by Gasteiger charge is 2.22. The fraction of sp³-hybridized carbons (Fsp3) is 0.250. The molecule has 0 radical (unpaired) electrons. The molecule has 0 aliphatic carbocycles. The molecule has 6 nitrogen and oxygen atoms in total. The van der Waals surface area contributed by atoms with E-state index in [0.717, 1.165) is 18.4 Å². The van der Waals surface area contributed by atoms with Crippen molar-refractivity contribution in [3.63, 3.8) is 0 Å². The minimum Gasteiger partial charge on any atom is -0.496 e. The summed E-state index contributed by atoms with van der Waals surface area (Å²) in [6, 6.07) is 16.7. The van der Waals surface area contributed by atoms with Gasteiger partial charge in [-0.1, -0.05) is 55.8 Å². The molecule has 0 spiro atoms. The molecule has 0 bridgehead atoms. The maximum atomic E-state index is 13.1. The normalized spacial score (nSPS) is 10.5. The molecule has 0 N–H and O–H groups in total. The van der Waals surface area contributed by atoms with Crippen LogP contribution in [0, 0.1) is 0 Å². The zero-order valence-electron chi connectivity index (χ0n) is 14.9. The Kier molecular flexibility index (Phi) is 5.63. The van der Waals surface area contributed by atoms with Gasteiger partial charge >= 0.3 is 6.01 Å². The molecule has 0 unspecified atom stereocenters. The average molecular weight is 351 g/mol. The van der Waals surface area contributed by atoms with Crippen LogP contribution in [0.3, 0.4) is 0 Å². The van der Waals surface area contributed by atoms with Crippen molar-refractivity contribution in [1.29, 1.82) is 0 Å². The first-order valence-corrected chi connectivity index (χ1v) is 8.57. The molecule has 3 rings (SSSR count). The summed E-state index contributed by atoms with van der Waals surface area (Å²) >= 11 is 0. The van der Waals surface area contributed by atoms with Gasteiger partial charge in [-0.25, -0.2) is 0 Å². The average Bonchev–Trinajstić information content (AvgIpc) is 3.12. The SMILES string of the molecule is CCCCOc1nc(-c2ccccc2)n(C(=O)c2ccccc2OC)n1. The fourth-order valence-corrected chi connectivity index (χ4v) is 2.51. The van der Waals surface area contributed by atoms with Gasteiger partial charge in [-0.2, -0.15) is 9.67 Å². The summed E-state index contributed by atoms with van der Waals surface area (Å²) in [5, 5.41) is 4.29. The molecule has 0 aliphatic rings. The smallest absolute Gasteiger partial charge is 0.336 e. The van der Waals surface area contributed by atoms with E-state index < -0.39 is 0 Å². The zero-order chi connectivity index (χ0) is 18.4. The zero-order valence-corrected chi connectivity index (χ0v) is 14.9. The van der Waals surface area contributed by atoms with Crippen molar-refractivity contribution < 1.29 is 14.3 Å². The summed E-state index contributed by atoms with van der Waals surface area (Å²) in [4.78, 5) is 17.5. The molecule has 0 saturated carbocycles. The Hall–Kier alpha value is -3.15. The number of carbonyl (C=O) groups excluding carboxylic acids is 1. The van der Waals surface area contributed by atoms with Crippen molar-refractivity contribution in [2.45, 2.75) is 19.8 Å². The topological polar surface area (TPSA) is 66.2 Å². The molecule has 0 aliphatic heterocycles. The predicted molar refractivity (Wildman–Crippen MR) is 98.6 cm³/mol. The van der Waals surface area contributed by atoms with Gasteiger partial charge in [-0.05, 0) is 18.6 Å². The summed E-state index contributed by atoms with van der Waals surface area (Å²) in [6.07, 6.45) is 1.90. The molecular formula is C20H21N3O3. The van der Waals surface area contributed by atoms with E-state index in [4.69, 9.17) is 9.47 Å². The van der Waals surface area contributed by atoms with Crippen molar-refractivity contribution in [2.24, 2.45) is 0 Å². The van der Waals surface area contributed by atoms with Crippen LogP contribution < -0.4 is 9.47 Å². The maximum absolute atomic E-state index is 13.1. The molecule has 2 aromatic carbocycles. The number of para-hydroxylation sites is 1. The van der Waals surface area contributed by atoms with E-state index in [1.165, 1.54) is 11.8 Å². The van der Waals surface area contributed by atoms with E-state index in [1.807, 2.05) is 36.4 Å². The van der Waals surface area contributed by atoms with Crippen LogP contribution >= 0.6 is 0 Å². The van der Waals surface area contributed by atoms with Crippen LogP contribution in [0.2, 0.25) is 0 Å². The molecule has 3 aromatic rings. The molecule has 134 valence electrons. The summed E-state index contributed by atoms with van der Waals surface area (Å²) in [7, 11) is 1.53. The van der Waals surface area contributed by atoms with Gasteiger partial charge in [0.05, 0.1) is 19.3 Å². The van der Waals surface area contributed by atoms with Crippen LogP contribution in [-0.4, -0.2) is 34.4 Å². The van der Waals surface area contributed by atoms with Crippen LogP contribution in [0.15, 0.2) is 54.6 Å². The molecule has 0 amide bonds. The minimum absolute atomic E-state index is 0.195. The fourth-order valence-electron chi connectivity index (χ4n) is 2.51. The molecule has 1 aromatic heterocycles. The number of carbonyl (C=O) groups is 1. The Labute approximate surface area is 152 Å². The third kappa shape index (κ3) is 3.74. The number of nitrogens with zero attached hydrogens (tertiary/aromatic N) is 3. The number of benzene rings is 2. The number of ether oxygens (including phenoxy) is 2. The maximum Gasteiger partial charge on any atom is 0.336 e. The summed E-state index contributed by atoms with van der Waals surface area (Å²) < 4.78 is 12.2. The molecule has 0 fully saturated rings. The first-order valence-electron chi connectivity index (χ1n) is 8.57. The van der Waals surface area contributed by atoms with E-state index in [-0.39, 0.29) is 11.9 Å². The summed E-state index contributed by atoms with van der Waals surface area (Å²) in [6.45, 7) is 2.59. The number of rotatable bonds is 7. The predicted octanol–water partition coefficient (Wildman–Crippen LogP) is 3.82. The lowest BCUT2D eigenvalue weighted by Gasteiger charge is -2.08. The lowest BCUT2D eigenvalue weighted by Crippen LogP contribution is -2.16. The third-order valence-electron chi connectivity index (χ3n) is 3.88. The highest BCUT2D eigenvalue weighted by atomic mass is 16.5. The number of hydrogen-bond donors (Lipinski definition) is 0. The van der Waals surface area contributed by atoms with Crippen LogP contribution in [0.4, 0.5) is 0 Å². The van der Waals surface area contributed by atoms with Gasteiger partial charge in [0, 0.05) is 5.56 Å². The third-order valence-corrected chi connectivity index (χ3v) is 3.88. The summed E-state index contributed by atoms with van der Waals surface area (Å²) in [5.41, 5.74) is 1.20. The molecule has 1 heterocycles. The van der Waals surface area contributed by atoms with E-state index in [2.05, 4.69) is 17.0 Å². The Bertz CT molecular complexity index is 875. The van der Waals surface area contributed by atoms with Gasteiger partial charge in [-0.3, -0.25) is 4.79 Å². The Morgan fingerprint density at radius 2 is 1.81 bits per heavy atom. The largest absolute Gasteiger partial charge is 0.496 e. The molecule has 0 atom stereocenters. The van der Waals surface area contributed by atoms with Crippen molar-refractivity contribution in [2.75, 3.05) is 13.7 Å². The lowest BCUT2D eigenvalue weighted by molar-refractivity contribution is 0.0941. The summed E-state index contributed by atoms with van der Waals surface area (Å²) in [5.74, 6) is 0.604. The molecule has 26 heavy (non-hydrogen) atoms. The van der Waals surface area contributed by atoms with Gasteiger partial charge in [0.1, 0.15) is 5.75 Å². The van der Waals surface area contributed by atoms with Crippen molar-refractivity contribution in [1.82, 2.24) is 14.8 Å². The van der Waals surface area contributed by atoms with Gasteiger partial charge in [0.25, 0.3) is 5.91 Å². The quantitative estimate of drug-likeness (QED) is 0.605. The van der Waals surface area contributed by atoms with E-state index >= 15 is 0 Å². The van der Waals surface area contributed by atoms with E-state index in [9.17, 15) is 4.79 Å². The molecular weight excluding hydrogens is 330 g/mol. The van der Waals surface area contributed by atoms with Crippen LogP contribution in [0.25, 0.3) is 11.4 Å². The Morgan fingerprint density at radius 1 is 1.08 bits per heavy atom. The van der Waals surface area contributed by atoms with Crippen molar-refractivity contribution in [3.8, 4) is 23.1 Å². The minimum atomic E-state index is -0.320. The van der Waals surface area contributed by atoms with Gasteiger partial charge in [0.2, 0.25) is 0 Å². The number of aromatic nitrogens is 3. The number of methoxy groups -OCH3 is 1. The molecule has 0 saturated heterocycles. The first-order chi connectivity index (χ1) is 12.7. The van der Waals surface area contributed by atoms with Crippen LogP contribution in [0.5, 0.6) is 11.8 Å². The monoisotopic (exact) mass is 351 g/mol. The highest BCUT2D eigenvalue weighted by Crippen LogP contribution is 2.24. The van der Waals surface area contributed by atoms with Crippen LogP contribution in [0.1, 0.15) is 30.1 Å². The highest BCUT2D eigenvalue weighted by molar-refractivity contribution is 5.99. The second-order valence-corrected chi connectivity index (χ2v) is 5.70. The van der Waals surface area contributed by atoms with Gasteiger partial charge in [-0.15, -0.1) is 5.10 Å². The van der Waals surface area contributed by atoms with Crippen molar-refractivity contribution >= 4 is 5.91 Å². The van der Waals surface area contributed by atoms with Gasteiger partial charge < -0.3 is 9.47 Å². The molecule has 6 heteroatoms. The second-order valence-electron chi connectivity index (χ2n) is 5.70. The Morgan fingerprint density at radius 3 is 2.54 bits per heavy atom.